The van der Waals surface area contributed by atoms with Crippen LogP contribution in [-0.2, 0) is 28.5 Å². The topological polar surface area (TPSA) is 104 Å². The fraction of sp³-hybridized carbons (Fsp3) is 0.690. The van der Waals surface area contributed by atoms with Gasteiger partial charge in [-0.25, -0.2) is 0 Å². The van der Waals surface area contributed by atoms with Crippen LogP contribution in [0.15, 0.2) is 42.5 Å². The summed E-state index contributed by atoms with van der Waals surface area (Å²) in [6.45, 7) is 5.36. The van der Waals surface area contributed by atoms with Gasteiger partial charge in [-0.3, -0.25) is 4.79 Å². The second-order valence-electron chi connectivity index (χ2n) is 10.4. The van der Waals surface area contributed by atoms with E-state index >= 15 is 0 Å². The van der Waals surface area contributed by atoms with Gasteiger partial charge in [-0.05, 0) is 31.7 Å². The Bertz CT molecular complexity index is 876. The number of methoxy groups -OCH3 is 3. The molecule has 0 saturated carbocycles. The summed E-state index contributed by atoms with van der Waals surface area (Å²) in [6, 6.07) is 9.58. The van der Waals surface area contributed by atoms with Gasteiger partial charge < -0.3 is 33.9 Å². The van der Waals surface area contributed by atoms with Crippen LogP contribution in [0.3, 0.4) is 0 Å². The van der Waals surface area contributed by atoms with Crippen LogP contribution in [0.5, 0.6) is 0 Å². The average molecular weight is 521 g/mol. The minimum atomic E-state index is -2.08. The third-order valence-electron chi connectivity index (χ3n) is 8.03. The number of benzene rings is 1. The molecule has 2 heterocycles. The van der Waals surface area contributed by atoms with Gasteiger partial charge in [-0.15, -0.1) is 0 Å². The first-order chi connectivity index (χ1) is 17.7. The minimum absolute atomic E-state index is 0.149. The zero-order valence-corrected chi connectivity index (χ0v) is 22.9. The van der Waals surface area contributed by atoms with Crippen molar-refractivity contribution in [2.45, 2.75) is 88.9 Å². The Hall–Kier alpha value is -1.81. The molecule has 3 rings (SSSR count). The fourth-order valence-electron chi connectivity index (χ4n) is 5.56. The molecule has 10 atom stereocenters. The van der Waals surface area contributed by atoms with E-state index in [4.69, 9.17) is 23.7 Å². The number of hydrogen-bond donors (Lipinski definition) is 2. The maximum atomic E-state index is 13.5. The van der Waals surface area contributed by atoms with Crippen molar-refractivity contribution in [1.29, 1.82) is 0 Å². The third-order valence-corrected chi connectivity index (χ3v) is 8.03. The van der Waals surface area contributed by atoms with Crippen molar-refractivity contribution in [2.75, 3.05) is 21.3 Å². The molecule has 2 N–H and O–H groups in total. The number of carbonyl (C=O) groups is 1. The smallest absolute Gasteiger partial charge is 0.314 e. The van der Waals surface area contributed by atoms with Crippen molar-refractivity contribution in [3.8, 4) is 0 Å². The van der Waals surface area contributed by atoms with Gasteiger partial charge in [-0.2, -0.15) is 0 Å². The Morgan fingerprint density at radius 3 is 2.24 bits per heavy atom. The van der Waals surface area contributed by atoms with Crippen LogP contribution >= 0.6 is 0 Å². The van der Waals surface area contributed by atoms with Crippen LogP contribution in [0.4, 0.5) is 0 Å². The Labute approximate surface area is 220 Å². The predicted octanol–water partition coefficient (Wildman–Crippen LogP) is 3.80. The second kappa shape index (κ2) is 13.3. The molecule has 37 heavy (non-hydrogen) atoms. The predicted molar refractivity (Wildman–Crippen MR) is 139 cm³/mol. The first kappa shape index (κ1) is 29.7. The van der Waals surface area contributed by atoms with E-state index in [0.29, 0.717) is 6.42 Å². The standard InChI is InChI=1S/C29H44O8/c1-18-16-17-24(34-5)23(33-4)15-11-10-14-22(21-12-8-7-9-13-21)36-28(31)20(3)29(32)27(35-6)25(30)19(2)26(18)37-29/h7-9,12-13,16-20,22-27,30,32H,10-11,14-15H2,1-6H3/b17-16+/t18?,19?,20?,22-,23-,24+,25?,26?,27?,29?/m0/s1. The maximum absolute atomic E-state index is 13.5. The molecule has 0 aromatic heterocycles. The summed E-state index contributed by atoms with van der Waals surface area (Å²) < 4.78 is 29.3. The zero-order valence-electron chi connectivity index (χ0n) is 22.9. The summed E-state index contributed by atoms with van der Waals surface area (Å²) in [7, 11) is 4.72. The molecule has 8 heteroatoms. The third kappa shape index (κ3) is 6.61. The normalized spacial score (nSPS) is 41.1. The molecule has 2 aliphatic rings. The summed E-state index contributed by atoms with van der Waals surface area (Å²) >= 11 is 0. The Kier molecular flexibility index (Phi) is 10.7. The summed E-state index contributed by atoms with van der Waals surface area (Å²) in [5.74, 6) is -4.38. The minimum Gasteiger partial charge on any atom is -0.457 e. The number of ether oxygens (including phenoxy) is 5. The molecule has 208 valence electrons. The SMILES string of the molecule is COC1C(O)C(C)C2OC1(O)C(C)C(=O)O[C@H](c1ccccc1)CCCC[C@H](OC)[C@H](OC)/C=C/C2C. The largest absolute Gasteiger partial charge is 0.457 e. The van der Waals surface area contributed by atoms with Gasteiger partial charge >= 0.3 is 5.97 Å². The molecule has 1 aromatic carbocycles. The van der Waals surface area contributed by atoms with E-state index < -0.39 is 42.1 Å². The van der Waals surface area contributed by atoms with Gasteiger partial charge in [0, 0.05) is 33.2 Å². The lowest BCUT2D eigenvalue weighted by molar-refractivity contribution is -0.360. The lowest BCUT2D eigenvalue weighted by Crippen LogP contribution is -2.66. The van der Waals surface area contributed by atoms with Gasteiger partial charge in [0.2, 0.25) is 5.79 Å². The van der Waals surface area contributed by atoms with Gasteiger partial charge in [0.15, 0.2) is 0 Å². The van der Waals surface area contributed by atoms with E-state index in [1.807, 2.05) is 56.3 Å². The maximum Gasteiger partial charge on any atom is 0.314 e. The first-order valence-electron chi connectivity index (χ1n) is 13.3. The van der Waals surface area contributed by atoms with Gasteiger partial charge in [0.05, 0.1) is 18.3 Å². The van der Waals surface area contributed by atoms with Crippen molar-refractivity contribution in [1.82, 2.24) is 0 Å². The number of hydrogen-bond acceptors (Lipinski definition) is 8. The zero-order chi connectivity index (χ0) is 27.2. The molecule has 2 bridgehead atoms. The highest BCUT2D eigenvalue weighted by atomic mass is 16.7. The molecule has 7 unspecified atom stereocenters. The molecular formula is C29H44O8. The molecule has 1 aromatic rings. The monoisotopic (exact) mass is 520 g/mol. The first-order valence-corrected chi connectivity index (χ1v) is 13.3. The molecule has 8 nitrogen and oxygen atoms in total. The lowest BCUT2D eigenvalue weighted by Gasteiger charge is -2.51. The van der Waals surface area contributed by atoms with Gasteiger partial charge in [0.25, 0.3) is 0 Å². The van der Waals surface area contributed by atoms with E-state index in [9.17, 15) is 15.0 Å². The van der Waals surface area contributed by atoms with Crippen molar-refractivity contribution in [2.24, 2.45) is 17.8 Å². The van der Waals surface area contributed by atoms with Crippen LogP contribution in [0.2, 0.25) is 0 Å². The van der Waals surface area contributed by atoms with Crippen LogP contribution in [0.1, 0.15) is 58.1 Å². The van der Waals surface area contributed by atoms with Crippen LogP contribution in [0, 0.1) is 17.8 Å². The Balaban J connectivity index is 2.01. The number of carbonyl (C=O) groups excluding carboxylic acids is 1. The summed E-state index contributed by atoms with van der Waals surface area (Å²) in [6.07, 6.45) is 3.29. The van der Waals surface area contributed by atoms with Gasteiger partial charge in [0.1, 0.15) is 24.2 Å². The second-order valence-corrected chi connectivity index (χ2v) is 10.4. The van der Waals surface area contributed by atoms with E-state index in [2.05, 4.69) is 0 Å². The molecule has 1 saturated heterocycles. The lowest BCUT2D eigenvalue weighted by atomic mass is 9.78. The molecule has 0 radical (unpaired) electrons. The molecule has 0 amide bonds. The highest BCUT2D eigenvalue weighted by molar-refractivity contribution is 5.73. The quantitative estimate of drug-likeness (QED) is 0.456. The number of aliphatic hydroxyl groups excluding tert-OH is 1. The fourth-order valence-corrected chi connectivity index (χ4v) is 5.56. The number of esters is 1. The molecule has 0 aliphatic carbocycles. The number of cyclic esters (lactones) is 1. The number of fused-ring (bicyclic) bond motifs is 2. The van der Waals surface area contributed by atoms with Crippen molar-refractivity contribution < 1.29 is 38.7 Å². The highest BCUT2D eigenvalue weighted by Gasteiger charge is 2.58. The van der Waals surface area contributed by atoms with E-state index in [-0.39, 0.29) is 24.0 Å². The molecule has 1 fully saturated rings. The van der Waals surface area contributed by atoms with Crippen LogP contribution in [-0.4, -0.2) is 73.8 Å². The van der Waals surface area contributed by atoms with E-state index in [0.717, 1.165) is 24.8 Å². The summed E-state index contributed by atoms with van der Waals surface area (Å²) in [5, 5.41) is 22.9. The van der Waals surface area contributed by atoms with Crippen molar-refractivity contribution in [3.63, 3.8) is 0 Å². The van der Waals surface area contributed by atoms with E-state index in [1.165, 1.54) is 7.11 Å². The molecular weight excluding hydrogens is 476 g/mol. The van der Waals surface area contributed by atoms with E-state index in [1.54, 1.807) is 21.1 Å². The van der Waals surface area contributed by atoms with Crippen LogP contribution < -0.4 is 0 Å². The number of aliphatic hydroxyl groups is 2. The average Bonchev–Trinajstić information content (AvgIpc) is 2.90. The summed E-state index contributed by atoms with van der Waals surface area (Å²) in [5.41, 5.74) is 0.880. The highest BCUT2D eigenvalue weighted by Crippen LogP contribution is 2.42. The van der Waals surface area contributed by atoms with Crippen molar-refractivity contribution in [3.05, 3.63) is 48.0 Å². The number of rotatable bonds is 4. The Morgan fingerprint density at radius 1 is 0.946 bits per heavy atom. The van der Waals surface area contributed by atoms with Crippen LogP contribution in [0.25, 0.3) is 0 Å². The Morgan fingerprint density at radius 2 is 1.62 bits per heavy atom. The summed E-state index contributed by atoms with van der Waals surface area (Å²) in [4.78, 5) is 13.5. The molecule has 0 spiro atoms. The molecule has 2 aliphatic heterocycles. The van der Waals surface area contributed by atoms with Crippen molar-refractivity contribution >= 4 is 5.97 Å². The van der Waals surface area contributed by atoms with Gasteiger partial charge in [-0.1, -0.05) is 62.8 Å².